The van der Waals surface area contributed by atoms with Crippen molar-refractivity contribution in [3.63, 3.8) is 0 Å². The number of ether oxygens (including phenoxy) is 1. The van der Waals surface area contributed by atoms with Crippen LogP contribution in [0.3, 0.4) is 0 Å². The van der Waals surface area contributed by atoms with Gasteiger partial charge >= 0.3 is 12.1 Å². The van der Waals surface area contributed by atoms with Gasteiger partial charge in [0.2, 0.25) is 0 Å². The molecule has 0 aliphatic heterocycles. The van der Waals surface area contributed by atoms with Gasteiger partial charge in [-0.15, -0.1) is 0 Å². The lowest BCUT2D eigenvalue weighted by Gasteiger charge is -2.21. The van der Waals surface area contributed by atoms with Crippen LogP contribution in [0.5, 0.6) is 0 Å². The number of carboxylic acids is 1. The molecular weight excluding hydrogens is 346 g/mol. The molecule has 142 valence electrons. The van der Waals surface area contributed by atoms with Crippen LogP contribution in [-0.2, 0) is 9.53 Å². The van der Waals surface area contributed by atoms with Gasteiger partial charge in [-0.25, -0.2) is 9.59 Å². The monoisotopic (exact) mass is 369 g/mol. The lowest BCUT2D eigenvalue weighted by atomic mass is 9.98. The Bertz CT molecular complexity index is 789. The van der Waals surface area contributed by atoms with Crippen LogP contribution in [-0.4, -0.2) is 41.0 Å². The fraction of sp³-hybridized carbons (Fsp3) is 0.333. The average molecular weight is 369 g/mol. The summed E-state index contributed by atoms with van der Waals surface area (Å²) in [6.07, 6.45) is -1.42. The molecule has 0 heterocycles. The smallest absolute Gasteiger partial charge is 0.407 e. The van der Waals surface area contributed by atoms with E-state index in [4.69, 9.17) is 9.84 Å². The summed E-state index contributed by atoms with van der Waals surface area (Å²) in [5.41, 5.74) is 4.46. The van der Waals surface area contributed by atoms with Crippen molar-refractivity contribution in [2.75, 3.05) is 6.61 Å². The normalized spacial score (nSPS) is 14.7. The minimum Gasteiger partial charge on any atom is -0.479 e. The van der Waals surface area contributed by atoms with Gasteiger partial charge in [-0.2, -0.15) is 0 Å². The van der Waals surface area contributed by atoms with E-state index in [-0.39, 0.29) is 12.5 Å². The number of aliphatic hydroxyl groups is 1. The number of carbonyl (C=O) groups is 2. The summed E-state index contributed by atoms with van der Waals surface area (Å²) < 4.78 is 5.39. The lowest BCUT2D eigenvalue weighted by molar-refractivity contribution is -0.148. The SMILES string of the molecule is CCC[C@H](NC(=O)OCC1c2ccccc2-c2ccccc21)C(O)C(=O)O. The molecule has 0 saturated carbocycles. The van der Waals surface area contributed by atoms with E-state index in [0.29, 0.717) is 12.8 Å². The molecule has 2 atom stereocenters. The van der Waals surface area contributed by atoms with Crippen LogP contribution < -0.4 is 5.32 Å². The highest BCUT2D eigenvalue weighted by Crippen LogP contribution is 2.44. The maximum atomic E-state index is 12.2. The summed E-state index contributed by atoms with van der Waals surface area (Å²) in [4.78, 5) is 23.2. The van der Waals surface area contributed by atoms with Gasteiger partial charge in [-0.05, 0) is 28.7 Å². The first kappa shape index (κ1) is 18.9. The van der Waals surface area contributed by atoms with Crippen molar-refractivity contribution < 1.29 is 24.5 Å². The first-order valence-corrected chi connectivity index (χ1v) is 9.05. The molecule has 0 fully saturated rings. The number of carbonyl (C=O) groups excluding carboxylic acids is 1. The van der Waals surface area contributed by atoms with Gasteiger partial charge in [0.15, 0.2) is 6.10 Å². The maximum Gasteiger partial charge on any atom is 0.407 e. The number of fused-ring (bicyclic) bond motifs is 3. The number of benzene rings is 2. The second-order valence-electron chi connectivity index (χ2n) is 6.65. The third-order valence-corrected chi connectivity index (χ3v) is 4.88. The van der Waals surface area contributed by atoms with Gasteiger partial charge in [0.25, 0.3) is 0 Å². The molecule has 0 saturated heterocycles. The summed E-state index contributed by atoms with van der Waals surface area (Å²) in [5.74, 6) is -1.44. The van der Waals surface area contributed by atoms with Gasteiger partial charge in [0, 0.05) is 5.92 Å². The molecule has 1 aliphatic carbocycles. The van der Waals surface area contributed by atoms with Crippen molar-refractivity contribution in [2.24, 2.45) is 0 Å². The summed E-state index contributed by atoms with van der Waals surface area (Å²) in [6, 6.07) is 15.1. The van der Waals surface area contributed by atoms with Gasteiger partial charge in [-0.1, -0.05) is 61.9 Å². The molecule has 0 spiro atoms. The zero-order chi connectivity index (χ0) is 19.4. The molecule has 2 aromatic rings. The number of carboxylic acid groups (broad SMARTS) is 1. The van der Waals surface area contributed by atoms with Crippen molar-refractivity contribution in [3.05, 3.63) is 59.7 Å². The summed E-state index contributed by atoms with van der Waals surface area (Å²) in [7, 11) is 0. The Morgan fingerprint density at radius 3 is 2.15 bits per heavy atom. The van der Waals surface area contributed by atoms with Crippen molar-refractivity contribution in [1.29, 1.82) is 0 Å². The number of hydrogen-bond acceptors (Lipinski definition) is 4. The molecule has 1 amide bonds. The molecule has 2 aromatic carbocycles. The first-order chi connectivity index (χ1) is 13.0. The minimum absolute atomic E-state index is 0.0721. The Morgan fingerprint density at radius 1 is 1.07 bits per heavy atom. The predicted molar refractivity (Wildman–Crippen MR) is 101 cm³/mol. The van der Waals surface area contributed by atoms with Crippen molar-refractivity contribution in [1.82, 2.24) is 5.32 Å². The molecule has 0 radical (unpaired) electrons. The van der Waals surface area contributed by atoms with Gasteiger partial charge in [0.1, 0.15) is 6.61 Å². The van der Waals surface area contributed by atoms with Crippen LogP contribution >= 0.6 is 0 Å². The highest BCUT2D eigenvalue weighted by Gasteiger charge is 2.30. The zero-order valence-electron chi connectivity index (χ0n) is 15.1. The Morgan fingerprint density at radius 2 is 1.63 bits per heavy atom. The van der Waals surface area contributed by atoms with Crippen LogP contribution in [0.15, 0.2) is 48.5 Å². The average Bonchev–Trinajstić information content (AvgIpc) is 2.99. The van der Waals surface area contributed by atoms with E-state index in [0.717, 1.165) is 22.3 Å². The quantitative estimate of drug-likeness (QED) is 0.697. The Kier molecular flexibility index (Phi) is 5.76. The van der Waals surface area contributed by atoms with Crippen LogP contribution in [0, 0.1) is 0 Å². The minimum atomic E-state index is -1.66. The zero-order valence-corrected chi connectivity index (χ0v) is 15.1. The molecule has 1 unspecified atom stereocenters. The van der Waals surface area contributed by atoms with Crippen molar-refractivity contribution in [3.8, 4) is 11.1 Å². The number of nitrogens with one attached hydrogen (secondary N) is 1. The third kappa shape index (κ3) is 3.95. The summed E-state index contributed by atoms with van der Waals surface area (Å²) >= 11 is 0. The van der Waals surface area contributed by atoms with Gasteiger partial charge < -0.3 is 20.3 Å². The van der Waals surface area contributed by atoms with E-state index < -0.39 is 24.2 Å². The molecule has 0 bridgehead atoms. The number of alkyl carbamates (subject to hydrolysis) is 1. The van der Waals surface area contributed by atoms with E-state index in [1.54, 1.807) is 0 Å². The second kappa shape index (κ2) is 8.22. The Hall–Kier alpha value is -2.86. The van der Waals surface area contributed by atoms with Crippen molar-refractivity contribution in [2.45, 2.75) is 37.8 Å². The van der Waals surface area contributed by atoms with Crippen LogP contribution in [0.1, 0.15) is 36.8 Å². The van der Waals surface area contributed by atoms with Crippen LogP contribution in [0.4, 0.5) is 4.79 Å². The Labute approximate surface area is 157 Å². The third-order valence-electron chi connectivity index (χ3n) is 4.88. The van der Waals surface area contributed by atoms with Gasteiger partial charge in [0.05, 0.1) is 6.04 Å². The second-order valence-corrected chi connectivity index (χ2v) is 6.65. The van der Waals surface area contributed by atoms with Crippen molar-refractivity contribution >= 4 is 12.1 Å². The number of hydrogen-bond donors (Lipinski definition) is 3. The van der Waals surface area contributed by atoms with E-state index in [2.05, 4.69) is 17.4 Å². The molecule has 27 heavy (non-hydrogen) atoms. The lowest BCUT2D eigenvalue weighted by Crippen LogP contribution is -2.47. The first-order valence-electron chi connectivity index (χ1n) is 9.05. The van der Waals surface area contributed by atoms with Gasteiger partial charge in [-0.3, -0.25) is 0 Å². The molecular formula is C21H23NO5. The van der Waals surface area contributed by atoms with E-state index in [1.165, 1.54) is 0 Å². The predicted octanol–water partition coefficient (Wildman–Crippen LogP) is 3.14. The largest absolute Gasteiger partial charge is 0.479 e. The van der Waals surface area contributed by atoms with E-state index >= 15 is 0 Å². The Balaban J connectivity index is 1.69. The number of aliphatic carboxylic acids is 1. The van der Waals surface area contributed by atoms with E-state index in [1.807, 2.05) is 43.3 Å². The fourth-order valence-corrected chi connectivity index (χ4v) is 3.58. The molecule has 3 rings (SSSR count). The highest BCUT2D eigenvalue weighted by atomic mass is 16.5. The molecule has 0 aromatic heterocycles. The molecule has 1 aliphatic rings. The summed E-state index contributed by atoms with van der Waals surface area (Å²) in [6.45, 7) is 1.99. The summed E-state index contributed by atoms with van der Waals surface area (Å²) in [5, 5.41) is 21.2. The molecule has 6 nitrogen and oxygen atoms in total. The molecule has 3 N–H and O–H groups in total. The van der Waals surface area contributed by atoms with Crippen LogP contribution in [0.2, 0.25) is 0 Å². The fourth-order valence-electron chi connectivity index (χ4n) is 3.58. The number of aliphatic hydroxyl groups excluding tert-OH is 1. The maximum absolute atomic E-state index is 12.2. The highest BCUT2D eigenvalue weighted by molar-refractivity contribution is 5.79. The number of amides is 1. The topological polar surface area (TPSA) is 95.9 Å². The van der Waals surface area contributed by atoms with Crippen LogP contribution in [0.25, 0.3) is 11.1 Å². The molecule has 6 heteroatoms. The number of rotatable bonds is 7. The van der Waals surface area contributed by atoms with E-state index in [9.17, 15) is 14.7 Å². The standard InChI is InChI=1S/C21H23NO5/c1-2-7-18(19(23)20(24)25)22-21(26)27-12-17-15-10-5-3-8-13(15)14-9-4-6-11-16(14)17/h3-6,8-11,17-19,23H,2,7,12H2,1H3,(H,22,26)(H,24,25)/t18-,19?/m0/s1.